The maximum absolute atomic E-state index is 13.8. The molecule has 0 bridgehead atoms. The summed E-state index contributed by atoms with van der Waals surface area (Å²) in [6, 6.07) is 11.2. The fraction of sp³-hybridized carbons (Fsp3) is 0.516. The van der Waals surface area contributed by atoms with Crippen molar-refractivity contribution >= 4 is 42.1 Å². The fourth-order valence-corrected chi connectivity index (χ4v) is 9.46. The van der Waals surface area contributed by atoms with Crippen LogP contribution in [0, 0.1) is 5.92 Å². The molecule has 8 nitrogen and oxygen atoms in total. The zero-order valence-electron chi connectivity index (χ0n) is 24.2. The molecule has 2 N–H and O–H groups in total. The van der Waals surface area contributed by atoms with Gasteiger partial charge < -0.3 is 9.73 Å². The SMILES string of the molecule is C=S(=O)(NC(C)(C)C)c1ccc(-c2oc(C(=O)NC3CCS(=O)(=O)CC3)nc2CC2CCCCC2)c2ccccc12. The first-order chi connectivity index (χ1) is 19.3. The highest BCUT2D eigenvalue weighted by Gasteiger charge is 2.29. The molecule has 1 unspecified atom stereocenters. The summed E-state index contributed by atoms with van der Waals surface area (Å²) in [6.45, 7) is 5.87. The van der Waals surface area contributed by atoms with Gasteiger partial charge in [-0.3, -0.25) is 4.79 Å². The Hall–Kier alpha value is -2.69. The van der Waals surface area contributed by atoms with E-state index in [2.05, 4.69) is 15.9 Å². The van der Waals surface area contributed by atoms with Gasteiger partial charge in [-0.1, -0.05) is 56.4 Å². The van der Waals surface area contributed by atoms with E-state index in [4.69, 9.17) is 9.40 Å². The fourth-order valence-electron chi connectivity index (χ4n) is 6.05. The molecule has 0 radical (unpaired) electrons. The summed E-state index contributed by atoms with van der Waals surface area (Å²) in [6.07, 6.45) is 7.33. The number of fused-ring (bicyclic) bond motifs is 1. The lowest BCUT2D eigenvalue weighted by Crippen LogP contribution is -2.41. The summed E-state index contributed by atoms with van der Waals surface area (Å²) < 4.78 is 46.9. The normalized spacial score (nSPS) is 20.1. The number of nitrogens with one attached hydrogen (secondary N) is 2. The van der Waals surface area contributed by atoms with Gasteiger partial charge in [0, 0.05) is 17.1 Å². The van der Waals surface area contributed by atoms with Gasteiger partial charge in [0.15, 0.2) is 5.76 Å². The molecule has 41 heavy (non-hydrogen) atoms. The number of amides is 1. The van der Waals surface area contributed by atoms with E-state index >= 15 is 0 Å². The Kier molecular flexibility index (Phi) is 8.38. The van der Waals surface area contributed by atoms with Gasteiger partial charge in [-0.15, -0.1) is 0 Å². The van der Waals surface area contributed by atoms with Crippen molar-refractivity contribution in [1.29, 1.82) is 0 Å². The number of carbonyl (C=O) groups excluding carboxylic acids is 1. The van der Waals surface area contributed by atoms with Crippen LogP contribution in [0.3, 0.4) is 0 Å². The van der Waals surface area contributed by atoms with Crippen molar-refractivity contribution in [2.45, 2.75) is 88.6 Å². The van der Waals surface area contributed by atoms with E-state index < -0.39 is 31.0 Å². The number of aromatic nitrogens is 1. The number of oxazole rings is 1. The minimum Gasteiger partial charge on any atom is -0.432 e. The highest BCUT2D eigenvalue weighted by Crippen LogP contribution is 2.37. The number of carbonyl (C=O) groups is 1. The van der Waals surface area contributed by atoms with Crippen LogP contribution in [0.4, 0.5) is 0 Å². The average molecular weight is 600 g/mol. The molecule has 5 rings (SSSR count). The van der Waals surface area contributed by atoms with Crippen LogP contribution < -0.4 is 10.0 Å². The molecule has 3 aromatic rings. The maximum Gasteiger partial charge on any atom is 0.307 e. The minimum atomic E-state index is -3.04. The molecule has 1 aliphatic carbocycles. The molecule has 2 aromatic carbocycles. The third-order valence-corrected chi connectivity index (χ3v) is 11.7. The Morgan fingerprint density at radius 3 is 2.34 bits per heavy atom. The monoisotopic (exact) mass is 599 g/mol. The molecule has 0 spiro atoms. The van der Waals surface area contributed by atoms with Gasteiger partial charge in [0.05, 0.1) is 31.8 Å². The third kappa shape index (κ3) is 7.04. The van der Waals surface area contributed by atoms with Crippen molar-refractivity contribution in [1.82, 2.24) is 15.0 Å². The van der Waals surface area contributed by atoms with Crippen LogP contribution >= 0.6 is 0 Å². The van der Waals surface area contributed by atoms with Crippen LogP contribution in [0.5, 0.6) is 0 Å². The average Bonchev–Trinajstić information content (AvgIpc) is 3.32. The van der Waals surface area contributed by atoms with Crippen LogP contribution in [0.15, 0.2) is 45.7 Å². The highest BCUT2D eigenvalue weighted by atomic mass is 32.2. The van der Waals surface area contributed by atoms with Crippen LogP contribution in [-0.2, 0) is 26.0 Å². The van der Waals surface area contributed by atoms with E-state index in [0.29, 0.717) is 35.8 Å². The van der Waals surface area contributed by atoms with E-state index in [9.17, 15) is 17.4 Å². The first-order valence-electron chi connectivity index (χ1n) is 14.5. The molecule has 222 valence electrons. The summed E-state index contributed by atoms with van der Waals surface area (Å²) >= 11 is 0. The summed E-state index contributed by atoms with van der Waals surface area (Å²) in [4.78, 5) is 18.6. The number of hydrogen-bond acceptors (Lipinski definition) is 6. The summed E-state index contributed by atoms with van der Waals surface area (Å²) in [5.74, 6) is 4.77. The molecule has 1 atom stereocenters. The number of benzene rings is 2. The van der Waals surface area contributed by atoms with E-state index in [0.717, 1.165) is 34.9 Å². The molecular weight excluding hydrogens is 558 g/mol. The maximum atomic E-state index is 13.8. The van der Waals surface area contributed by atoms with Crippen molar-refractivity contribution in [2.24, 2.45) is 5.92 Å². The van der Waals surface area contributed by atoms with E-state index in [-0.39, 0.29) is 23.4 Å². The van der Waals surface area contributed by atoms with Crippen molar-refractivity contribution in [3.63, 3.8) is 0 Å². The van der Waals surface area contributed by atoms with Gasteiger partial charge in [0.25, 0.3) is 5.89 Å². The highest BCUT2D eigenvalue weighted by molar-refractivity contribution is 7.98. The molecule has 1 amide bonds. The van der Waals surface area contributed by atoms with Crippen LogP contribution in [0.2, 0.25) is 0 Å². The second-order valence-electron chi connectivity index (χ2n) is 12.6. The van der Waals surface area contributed by atoms with Gasteiger partial charge in [0.2, 0.25) is 0 Å². The Morgan fingerprint density at radius 1 is 1.02 bits per heavy atom. The van der Waals surface area contributed by atoms with Gasteiger partial charge in [-0.25, -0.2) is 22.3 Å². The predicted molar refractivity (Wildman–Crippen MR) is 165 cm³/mol. The molecule has 2 heterocycles. The molecule has 2 aliphatic rings. The molecule has 1 saturated heterocycles. The van der Waals surface area contributed by atoms with Crippen molar-refractivity contribution < 1.29 is 21.8 Å². The molecule has 1 saturated carbocycles. The summed E-state index contributed by atoms with van der Waals surface area (Å²) in [7, 11) is -5.85. The zero-order valence-corrected chi connectivity index (χ0v) is 25.8. The van der Waals surface area contributed by atoms with E-state index in [1.807, 2.05) is 57.2 Å². The van der Waals surface area contributed by atoms with Crippen molar-refractivity contribution in [2.75, 3.05) is 11.5 Å². The smallest absolute Gasteiger partial charge is 0.307 e. The standard InChI is InChI=1S/C31H41N3O5S2/c1-31(2,3)34-40(4,36)27-15-14-25(23-12-8-9-13-24(23)27)28-26(20-21-10-6-5-7-11-21)33-30(39-28)29(35)32-22-16-18-41(37,38)19-17-22/h8-9,12-15,21-22H,4-7,10-11,16-20H2,1-3H3,(H,32,35)(H,34,36). The number of hydrogen-bond donors (Lipinski definition) is 2. The topological polar surface area (TPSA) is 118 Å². The third-order valence-electron chi connectivity index (χ3n) is 7.94. The quantitative estimate of drug-likeness (QED) is 0.356. The Labute approximate surface area is 243 Å². The lowest BCUT2D eigenvalue weighted by atomic mass is 9.85. The van der Waals surface area contributed by atoms with Crippen molar-refractivity contribution in [3.05, 3.63) is 48.0 Å². The lowest BCUT2D eigenvalue weighted by Gasteiger charge is -2.25. The van der Waals surface area contributed by atoms with Gasteiger partial charge in [-0.2, -0.15) is 0 Å². The summed E-state index contributed by atoms with van der Waals surface area (Å²) in [5, 5.41) is 4.59. The van der Waals surface area contributed by atoms with Crippen molar-refractivity contribution in [3.8, 4) is 11.3 Å². The second kappa shape index (κ2) is 11.5. The molecular formula is C31H41N3O5S2. The number of sulfone groups is 1. The lowest BCUT2D eigenvalue weighted by molar-refractivity contribution is 0.0900. The van der Waals surface area contributed by atoms with Gasteiger partial charge >= 0.3 is 5.91 Å². The second-order valence-corrected chi connectivity index (χ2v) is 16.9. The Bertz CT molecular complexity index is 1630. The first kappa shape index (κ1) is 29.8. The molecule has 10 heteroatoms. The summed E-state index contributed by atoms with van der Waals surface area (Å²) in [5.41, 5.74) is 1.13. The van der Waals surface area contributed by atoms with Gasteiger partial charge in [-0.05, 0) is 74.7 Å². The largest absolute Gasteiger partial charge is 0.432 e. The first-order valence-corrected chi connectivity index (χ1v) is 18.1. The number of nitrogens with zero attached hydrogens (tertiary/aromatic N) is 1. The predicted octanol–water partition coefficient (Wildman–Crippen LogP) is 5.30. The minimum absolute atomic E-state index is 0.0113. The van der Waals surface area contributed by atoms with Crippen LogP contribution in [-0.4, -0.2) is 52.5 Å². The molecule has 2 fully saturated rings. The molecule has 1 aliphatic heterocycles. The van der Waals surface area contributed by atoms with E-state index in [1.165, 1.54) is 19.3 Å². The van der Waals surface area contributed by atoms with Gasteiger partial charge in [0.1, 0.15) is 9.84 Å². The van der Waals surface area contributed by atoms with Crippen LogP contribution in [0.25, 0.3) is 22.1 Å². The molecule has 1 aromatic heterocycles. The number of rotatable bonds is 7. The van der Waals surface area contributed by atoms with Crippen LogP contribution in [0.1, 0.15) is 82.1 Å². The Balaban J connectivity index is 1.54. The Morgan fingerprint density at radius 2 is 1.68 bits per heavy atom. The van der Waals surface area contributed by atoms with E-state index in [1.54, 1.807) is 0 Å². The zero-order chi connectivity index (χ0) is 29.4.